The largest absolute Gasteiger partial charge is 0.549 e. The first-order valence-electron chi connectivity index (χ1n) is 8.88. The SMILES string of the molecule is COc1cc(C2=C(O[SiH](C)C)C(C(C)(C)C)CC2=O)cc(OC)c1OC. The number of methoxy groups -OCH3 is 3. The predicted octanol–water partition coefficient (Wildman–Crippen LogP) is 4.06. The third-order valence-electron chi connectivity index (χ3n) is 4.59. The summed E-state index contributed by atoms with van der Waals surface area (Å²) in [5.41, 5.74) is 1.34. The Morgan fingerprint density at radius 2 is 1.54 bits per heavy atom. The van der Waals surface area contributed by atoms with E-state index in [4.69, 9.17) is 18.6 Å². The molecule has 0 heterocycles. The molecule has 0 N–H and O–H groups in total. The quantitative estimate of drug-likeness (QED) is 0.699. The first-order chi connectivity index (χ1) is 12.1. The number of benzene rings is 1. The minimum absolute atomic E-state index is 0.0589. The van der Waals surface area contributed by atoms with Gasteiger partial charge in [0.1, 0.15) is 0 Å². The number of allylic oxidation sites excluding steroid dienone is 2. The van der Waals surface area contributed by atoms with Crippen LogP contribution >= 0.6 is 0 Å². The van der Waals surface area contributed by atoms with Crippen LogP contribution in [0, 0.1) is 11.3 Å². The molecule has 2 rings (SSSR count). The predicted molar refractivity (Wildman–Crippen MR) is 106 cm³/mol. The maximum absolute atomic E-state index is 12.9. The van der Waals surface area contributed by atoms with Crippen LogP contribution in [0.2, 0.25) is 13.1 Å². The zero-order valence-electron chi connectivity index (χ0n) is 17.1. The van der Waals surface area contributed by atoms with Gasteiger partial charge in [-0.3, -0.25) is 4.79 Å². The molecule has 0 amide bonds. The molecule has 144 valence electrons. The summed E-state index contributed by atoms with van der Waals surface area (Å²) in [6.45, 7) is 10.7. The van der Waals surface area contributed by atoms with E-state index in [1.165, 1.54) is 0 Å². The Morgan fingerprint density at radius 1 is 1.00 bits per heavy atom. The molecular formula is C20H30O5Si. The molecule has 0 aromatic heterocycles. The van der Waals surface area contributed by atoms with Crippen molar-refractivity contribution in [1.82, 2.24) is 0 Å². The van der Waals surface area contributed by atoms with Crippen molar-refractivity contribution in [2.24, 2.45) is 11.3 Å². The van der Waals surface area contributed by atoms with Gasteiger partial charge in [0.25, 0.3) is 0 Å². The van der Waals surface area contributed by atoms with Crippen LogP contribution in [0.5, 0.6) is 17.2 Å². The fraction of sp³-hybridized carbons (Fsp3) is 0.550. The number of Topliss-reactive ketones (excluding diaryl/α,β-unsaturated/α-hetero) is 1. The third kappa shape index (κ3) is 3.90. The average molecular weight is 379 g/mol. The number of carbonyl (C=O) groups excluding carboxylic acids is 1. The molecule has 0 fully saturated rings. The molecule has 0 radical (unpaired) electrons. The van der Waals surface area contributed by atoms with Crippen molar-refractivity contribution in [3.05, 3.63) is 23.5 Å². The van der Waals surface area contributed by atoms with Gasteiger partial charge in [0.2, 0.25) is 14.8 Å². The highest BCUT2D eigenvalue weighted by molar-refractivity contribution is 6.49. The fourth-order valence-electron chi connectivity index (χ4n) is 3.31. The van der Waals surface area contributed by atoms with Gasteiger partial charge in [-0.25, -0.2) is 0 Å². The van der Waals surface area contributed by atoms with Crippen LogP contribution < -0.4 is 14.2 Å². The molecule has 1 aromatic carbocycles. The van der Waals surface area contributed by atoms with Crippen molar-refractivity contribution in [2.75, 3.05) is 21.3 Å². The van der Waals surface area contributed by atoms with Crippen molar-refractivity contribution >= 4 is 20.4 Å². The molecule has 0 spiro atoms. The van der Waals surface area contributed by atoms with E-state index in [1.807, 2.05) is 12.1 Å². The van der Waals surface area contributed by atoms with Gasteiger partial charge >= 0.3 is 0 Å². The van der Waals surface area contributed by atoms with E-state index < -0.39 is 9.04 Å². The zero-order valence-corrected chi connectivity index (χ0v) is 18.2. The van der Waals surface area contributed by atoms with Crippen LogP contribution in [-0.4, -0.2) is 36.2 Å². The summed E-state index contributed by atoms with van der Waals surface area (Å²) >= 11 is 0. The lowest BCUT2D eigenvalue weighted by molar-refractivity contribution is -0.114. The van der Waals surface area contributed by atoms with Crippen LogP contribution in [0.3, 0.4) is 0 Å². The fourth-order valence-corrected chi connectivity index (χ4v) is 4.10. The standard InChI is InChI=1S/C20H30O5Si/c1-20(2,3)13-11-14(21)17(18(13)25-26(7)8)12-9-15(22-4)19(24-6)16(10-12)23-5/h9-10,13,26H,11H2,1-8H3. The Bertz CT molecular complexity index is 690. The van der Waals surface area contributed by atoms with Gasteiger partial charge in [-0.1, -0.05) is 20.8 Å². The summed E-state index contributed by atoms with van der Waals surface area (Å²) in [6.07, 6.45) is 0.464. The minimum atomic E-state index is -1.38. The molecule has 0 saturated heterocycles. The average Bonchev–Trinajstić information content (AvgIpc) is 2.89. The van der Waals surface area contributed by atoms with Gasteiger partial charge in [-0.05, 0) is 36.2 Å². The highest BCUT2D eigenvalue weighted by Gasteiger charge is 2.41. The molecule has 0 bridgehead atoms. The molecule has 1 atom stereocenters. The van der Waals surface area contributed by atoms with Gasteiger partial charge < -0.3 is 18.6 Å². The van der Waals surface area contributed by atoms with Crippen molar-refractivity contribution in [2.45, 2.75) is 40.3 Å². The van der Waals surface area contributed by atoms with E-state index >= 15 is 0 Å². The van der Waals surface area contributed by atoms with Gasteiger partial charge in [-0.2, -0.15) is 0 Å². The van der Waals surface area contributed by atoms with E-state index in [0.29, 0.717) is 29.2 Å². The first kappa shape index (κ1) is 20.4. The van der Waals surface area contributed by atoms with Crippen molar-refractivity contribution in [3.8, 4) is 17.2 Å². The van der Waals surface area contributed by atoms with Crippen LogP contribution in [0.15, 0.2) is 17.9 Å². The summed E-state index contributed by atoms with van der Waals surface area (Å²) in [7, 11) is 3.33. The summed E-state index contributed by atoms with van der Waals surface area (Å²) in [5, 5.41) is 0. The monoisotopic (exact) mass is 378 g/mol. The highest BCUT2D eigenvalue weighted by Crippen LogP contribution is 2.48. The maximum Gasteiger partial charge on any atom is 0.229 e. The van der Waals surface area contributed by atoms with Gasteiger partial charge in [-0.15, -0.1) is 0 Å². The Balaban J connectivity index is 2.70. The van der Waals surface area contributed by atoms with E-state index in [1.54, 1.807) is 21.3 Å². The number of ether oxygens (including phenoxy) is 3. The molecule has 6 heteroatoms. The molecule has 1 aliphatic rings. The summed E-state index contributed by atoms with van der Waals surface area (Å²) in [4.78, 5) is 12.9. The van der Waals surface area contributed by atoms with E-state index in [-0.39, 0.29) is 17.1 Å². The normalized spacial score (nSPS) is 17.7. The third-order valence-corrected chi connectivity index (χ3v) is 5.32. The second-order valence-corrected chi connectivity index (χ2v) is 10.2. The molecule has 0 saturated carbocycles. The summed E-state index contributed by atoms with van der Waals surface area (Å²) in [6, 6.07) is 3.65. The van der Waals surface area contributed by atoms with Crippen LogP contribution in [0.1, 0.15) is 32.8 Å². The lowest BCUT2D eigenvalue weighted by atomic mass is 9.79. The number of rotatable bonds is 6. The van der Waals surface area contributed by atoms with E-state index in [2.05, 4.69) is 33.9 Å². The number of carbonyl (C=O) groups is 1. The van der Waals surface area contributed by atoms with Gasteiger partial charge in [0.15, 0.2) is 17.3 Å². The lowest BCUT2D eigenvalue weighted by Crippen LogP contribution is -2.24. The van der Waals surface area contributed by atoms with Crippen LogP contribution in [-0.2, 0) is 9.22 Å². The number of hydrogen-bond donors (Lipinski definition) is 0. The van der Waals surface area contributed by atoms with Gasteiger partial charge in [0, 0.05) is 12.3 Å². The van der Waals surface area contributed by atoms with Crippen molar-refractivity contribution < 1.29 is 23.4 Å². The van der Waals surface area contributed by atoms with Gasteiger partial charge in [0.05, 0.1) is 32.7 Å². The Morgan fingerprint density at radius 3 is 1.92 bits per heavy atom. The topological polar surface area (TPSA) is 54.0 Å². The molecule has 0 aliphatic heterocycles. The Hall–Kier alpha value is -1.95. The number of ketones is 1. The number of hydrogen-bond acceptors (Lipinski definition) is 5. The smallest absolute Gasteiger partial charge is 0.229 e. The molecule has 1 unspecified atom stereocenters. The van der Waals surface area contributed by atoms with E-state index in [0.717, 1.165) is 11.3 Å². The first-order valence-corrected chi connectivity index (χ1v) is 11.7. The van der Waals surface area contributed by atoms with E-state index in [9.17, 15) is 4.79 Å². The summed E-state index contributed by atoms with van der Waals surface area (Å²) in [5.74, 6) is 2.56. The molecule has 1 aliphatic carbocycles. The highest BCUT2D eigenvalue weighted by atomic mass is 28.3. The lowest BCUT2D eigenvalue weighted by Gasteiger charge is -2.30. The molecule has 5 nitrogen and oxygen atoms in total. The minimum Gasteiger partial charge on any atom is -0.549 e. The van der Waals surface area contributed by atoms with Crippen molar-refractivity contribution in [1.29, 1.82) is 0 Å². The molecule has 26 heavy (non-hydrogen) atoms. The maximum atomic E-state index is 12.9. The van der Waals surface area contributed by atoms with Crippen LogP contribution in [0.4, 0.5) is 0 Å². The molecule has 1 aromatic rings. The second-order valence-electron chi connectivity index (χ2n) is 7.87. The molecular weight excluding hydrogens is 348 g/mol. The zero-order chi connectivity index (χ0) is 19.6. The summed E-state index contributed by atoms with van der Waals surface area (Å²) < 4.78 is 22.6. The Kier molecular flexibility index (Phi) is 6.06. The second kappa shape index (κ2) is 7.74. The Labute approximate surface area is 158 Å². The van der Waals surface area contributed by atoms with Crippen molar-refractivity contribution in [3.63, 3.8) is 0 Å². The van der Waals surface area contributed by atoms with Crippen LogP contribution in [0.25, 0.3) is 5.57 Å².